The lowest BCUT2D eigenvalue weighted by molar-refractivity contribution is -0.140. The first-order chi connectivity index (χ1) is 18.4. The maximum atomic E-state index is 13.5. The predicted molar refractivity (Wildman–Crippen MR) is 145 cm³/mol. The Morgan fingerprint density at radius 1 is 1.18 bits per heavy atom. The van der Waals surface area contributed by atoms with Crippen LogP contribution in [0.5, 0.6) is 5.75 Å². The van der Waals surface area contributed by atoms with Crippen molar-refractivity contribution in [2.45, 2.75) is 36.2 Å². The number of hydrogen-bond donors (Lipinski definition) is 3. The topological polar surface area (TPSA) is 95.8 Å². The Labute approximate surface area is 225 Å². The molecule has 0 saturated carbocycles. The molecule has 0 amide bonds. The molecule has 2 atom stereocenters. The molecular weight excluding hydrogens is 533 g/mol. The fourth-order valence-corrected chi connectivity index (χ4v) is 5.27. The van der Waals surface area contributed by atoms with Crippen LogP contribution >= 0.6 is 0 Å². The molecule has 1 aliphatic rings. The van der Waals surface area contributed by atoms with E-state index in [9.17, 15) is 26.7 Å². The molecule has 1 aliphatic heterocycles. The first-order valence-corrected chi connectivity index (χ1v) is 14.2. The number of rotatable bonds is 7. The summed E-state index contributed by atoms with van der Waals surface area (Å²) >= 11 is 0. The van der Waals surface area contributed by atoms with Gasteiger partial charge < -0.3 is 29.9 Å². The molecule has 0 aliphatic carbocycles. The first kappa shape index (κ1) is 28.6. The van der Waals surface area contributed by atoms with Gasteiger partial charge in [0.25, 0.3) is 0 Å². The van der Waals surface area contributed by atoms with Crippen LogP contribution in [0.15, 0.2) is 47.4 Å². The summed E-state index contributed by atoms with van der Waals surface area (Å²) in [6.45, 7) is 0.252. The van der Waals surface area contributed by atoms with Crippen LogP contribution in [0.4, 0.5) is 24.5 Å². The Morgan fingerprint density at radius 3 is 2.64 bits per heavy atom. The summed E-state index contributed by atoms with van der Waals surface area (Å²) in [5.41, 5.74) is 1.70. The third kappa shape index (κ3) is 6.98. The normalized spacial score (nSPS) is 18.4. The highest BCUT2D eigenvalue weighted by Gasteiger charge is 2.30. The second-order valence-corrected chi connectivity index (χ2v) is 11.6. The van der Waals surface area contributed by atoms with E-state index in [4.69, 9.17) is 4.74 Å². The van der Waals surface area contributed by atoms with Crippen LogP contribution in [0, 0.1) is 11.8 Å². The zero-order chi connectivity index (χ0) is 28.4. The van der Waals surface area contributed by atoms with Crippen molar-refractivity contribution in [1.82, 2.24) is 9.47 Å². The van der Waals surface area contributed by atoms with Gasteiger partial charge in [-0.25, -0.2) is 8.42 Å². The number of halogens is 3. The largest absolute Gasteiger partial charge is 0.495 e. The summed E-state index contributed by atoms with van der Waals surface area (Å²) in [6, 6.07) is 10.8. The summed E-state index contributed by atoms with van der Waals surface area (Å²) < 4.78 is 70.5. The smallest absolute Gasteiger partial charge is 0.406 e. The van der Waals surface area contributed by atoms with Gasteiger partial charge in [0.05, 0.1) is 47.6 Å². The van der Waals surface area contributed by atoms with Crippen molar-refractivity contribution in [3.05, 3.63) is 48.2 Å². The van der Waals surface area contributed by atoms with Crippen molar-refractivity contribution in [3.8, 4) is 17.6 Å². The molecule has 12 heteroatoms. The summed E-state index contributed by atoms with van der Waals surface area (Å²) in [7, 11) is -0.0535. The van der Waals surface area contributed by atoms with Crippen LogP contribution in [0.1, 0.15) is 12.1 Å². The van der Waals surface area contributed by atoms with E-state index in [1.807, 2.05) is 7.05 Å². The van der Waals surface area contributed by atoms with Crippen LogP contribution in [0.25, 0.3) is 10.9 Å². The summed E-state index contributed by atoms with van der Waals surface area (Å²) in [5, 5.41) is 17.4. The fourth-order valence-electron chi connectivity index (χ4n) is 4.63. The molecule has 0 spiro atoms. The van der Waals surface area contributed by atoms with E-state index in [1.165, 1.54) is 19.2 Å². The number of aromatic nitrogens is 1. The molecule has 0 bridgehead atoms. The van der Waals surface area contributed by atoms with Gasteiger partial charge >= 0.3 is 6.18 Å². The van der Waals surface area contributed by atoms with Gasteiger partial charge in [-0.2, -0.15) is 13.2 Å². The minimum absolute atomic E-state index is 0.0772. The number of likely N-dealkylation sites (tertiary alicyclic amines) is 1. The van der Waals surface area contributed by atoms with Gasteiger partial charge in [-0.3, -0.25) is 0 Å². The van der Waals surface area contributed by atoms with E-state index in [-0.39, 0.29) is 23.2 Å². The van der Waals surface area contributed by atoms with Crippen LogP contribution in [0.2, 0.25) is 0 Å². The van der Waals surface area contributed by atoms with Gasteiger partial charge in [0.15, 0.2) is 9.84 Å². The first-order valence-electron chi connectivity index (χ1n) is 12.3. The zero-order valence-electron chi connectivity index (χ0n) is 21.8. The maximum absolute atomic E-state index is 13.5. The van der Waals surface area contributed by atoms with Gasteiger partial charge in [-0.05, 0) is 49.7 Å². The van der Waals surface area contributed by atoms with Crippen molar-refractivity contribution >= 4 is 32.1 Å². The van der Waals surface area contributed by atoms with E-state index in [0.29, 0.717) is 41.0 Å². The van der Waals surface area contributed by atoms with Gasteiger partial charge in [-0.1, -0.05) is 12.0 Å². The van der Waals surface area contributed by atoms with Crippen LogP contribution < -0.4 is 15.4 Å². The number of hydrogen-bond acceptors (Lipinski definition) is 7. The van der Waals surface area contributed by atoms with Crippen molar-refractivity contribution < 1.29 is 31.4 Å². The number of benzene rings is 2. The minimum Gasteiger partial charge on any atom is -0.495 e. The summed E-state index contributed by atoms with van der Waals surface area (Å²) in [5.74, 6) is 6.00. The van der Waals surface area contributed by atoms with E-state index in [0.717, 1.165) is 17.4 Å². The van der Waals surface area contributed by atoms with Crippen LogP contribution in [-0.4, -0.2) is 81.4 Å². The number of fused-ring (bicyclic) bond motifs is 1. The predicted octanol–water partition coefficient (Wildman–Crippen LogP) is 3.56. The lowest BCUT2D eigenvalue weighted by Gasteiger charge is -2.35. The number of methoxy groups -OCH3 is 1. The van der Waals surface area contributed by atoms with Gasteiger partial charge in [0.2, 0.25) is 0 Å². The summed E-state index contributed by atoms with van der Waals surface area (Å²) in [6.07, 6.45) is -3.33. The molecule has 4 rings (SSSR count). The van der Waals surface area contributed by atoms with Crippen molar-refractivity contribution in [2.75, 3.05) is 50.7 Å². The number of nitrogens with one attached hydrogen (secondary N) is 2. The van der Waals surface area contributed by atoms with Crippen molar-refractivity contribution in [1.29, 1.82) is 0 Å². The number of likely N-dealkylation sites (N-methyl/N-ethyl adjacent to an activating group) is 1. The number of alkyl halides is 3. The average Bonchev–Trinajstić information content (AvgIpc) is 3.20. The Hall–Kier alpha value is -3.40. The van der Waals surface area contributed by atoms with E-state index >= 15 is 0 Å². The second-order valence-electron chi connectivity index (χ2n) is 9.63. The highest BCUT2D eigenvalue weighted by atomic mass is 32.2. The molecule has 1 fully saturated rings. The minimum atomic E-state index is -4.46. The quantitative estimate of drug-likeness (QED) is 0.378. The Kier molecular flexibility index (Phi) is 8.34. The summed E-state index contributed by atoms with van der Waals surface area (Å²) in [4.78, 5) is 2.19. The Bertz CT molecular complexity index is 1510. The molecular formula is C27H31F3N4O4S. The lowest BCUT2D eigenvalue weighted by Crippen LogP contribution is -2.48. The number of anilines is 2. The van der Waals surface area contributed by atoms with Gasteiger partial charge in [0, 0.05) is 36.5 Å². The maximum Gasteiger partial charge on any atom is 0.406 e. The molecule has 2 aromatic carbocycles. The van der Waals surface area contributed by atoms with E-state index < -0.39 is 28.7 Å². The van der Waals surface area contributed by atoms with E-state index in [2.05, 4.69) is 27.4 Å². The molecule has 1 aromatic heterocycles. The number of aliphatic hydroxyl groups excluding tert-OH is 1. The highest BCUT2D eigenvalue weighted by molar-refractivity contribution is 7.90. The van der Waals surface area contributed by atoms with Crippen molar-refractivity contribution in [2.24, 2.45) is 0 Å². The molecule has 3 aromatic rings. The molecule has 8 nitrogen and oxygen atoms in total. The molecule has 3 N–H and O–H groups in total. The second kappa shape index (κ2) is 11.4. The monoisotopic (exact) mass is 564 g/mol. The third-order valence-electron chi connectivity index (χ3n) is 6.59. The lowest BCUT2D eigenvalue weighted by atomic mass is 10.0. The van der Waals surface area contributed by atoms with Gasteiger partial charge in [0.1, 0.15) is 12.3 Å². The number of sulfone groups is 1. The molecule has 0 radical (unpaired) electrons. The molecule has 1 saturated heterocycles. The van der Waals surface area contributed by atoms with Crippen LogP contribution in [-0.2, 0) is 16.4 Å². The van der Waals surface area contributed by atoms with E-state index in [1.54, 1.807) is 30.3 Å². The van der Waals surface area contributed by atoms with Crippen LogP contribution in [0.3, 0.4) is 0 Å². The number of aliphatic hydroxyl groups is 1. The number of ether oxygens (including phenoxy) is 1. The third-order valence-corrected chi connectivity index (χ3v) is 7.70. The van der Waals surface area contributed by atoms with Crippen molar-refractivity contribution in [3.63, 3.8) is 0 Å². The molecule has 2 heterocycles. The molecule has 210 valence electrons. The van der Waals surface area contributed by atoms with Gasteiger partial charge in [-0.15, -0.1) is 0 Å². The SMILES string of the molecule is COc1cc(S(C)(=O)=O)ccc1NCC#Cc1cc2c(N[C@H]3CN(C)CC[C@@H]3O)cccc2n1CC(F)(F)F. The molecule has 39 heavy (non-hydrogen) atoms. The zero-order valence-corrected chi connectivity index (χ0v) is 22.7. The number of piperidine rings is 1. The highest BCUT2D eigenvalue weighted by Crippen LogP contribution is 2.31. The average molecular weight is 565 g/mol. The standard InChI is InChI=1S/C27H31F3N4O4S/c1-33-13-11-25(35)23(16-33)32-21-7-4-8-24-20(21)14-18(34(24)17-27(28,29)30)6-5-12-31-22-10-9-19(39(3,36)37)15-26(22)38-2/h4,7-10,14-15,23,25,31-32,35H,11-13,16-17H2,1-3H3/t23-,25-/m0/s1. The Balaban J connectivity index is 1.62. The number of nitrogens with zero attached hydrogens (tertiary/aromatic N) is 2. The Morgan fingerprint density at radius 2 is 1.95 bits per heavy atom. The molecule has 0 unspecified atom stereocenters. The fraction of sp³-hybridized carbons (Fsp3) is 0.407.